The van der Waals surface area contributed by atoms with Crippen LogP contribution < -0.4 is 15.5 Å². The molecule has 1 aromatic heterocycles. The van der Waals surface area contributed by atoms with E-state index in [1.165, 1.54) is 6.07 Å². The van der Waals surface area contributed by atoms with Crippen molar-refractivity contribution in [2.24, 2.45) is 0 Å². The van der Waals surface area contributed by atoms with Gasteiger partial charge in [0.2, 0.25) is 5.95 Å². The lowest BCUT2D eigenvalue weighted by Crippen LogP contribution is -2.44. The zero-order valence-electron chi connectivity index (χ0n) is 20.0. The summed E-state index contributed by atoms with van der Waals surface area (Å²) in [7, 11) is -1.59. The Morgan fingerprint density at radius 3 is 2.44 bits per heavy atom. The summed E-state index contributed by atoms with van der Waals surface area (Å²) in [6, 6.07) is 16.6. The van der Waals surface area contributed by atoms with E-state index in [2.05, 4.69) is 43.5 Å². The first-order chi connectivity index (χ1) is 17.1. The summed E-state index contributed by atoms with van der Waals surface area (Å²) in [5.41, 5.74) is 2.96. The van der Waals surface area contributed by atoms with E-state index in [-0.39, 0.29) is 5.82 Å². The third kappa shape index (κ3) is 8.77. The quantitative estimate of drug-likeness (QED) is 0.421. The summed E-state index contributed by atoms with van der Waals surface area (Å²) in [6.07, 6.45) is 2.69. The fourth-order valence-electron chi connectivity index (χ4n) is 3.50. The zero-order chi connectivity index (χ0) is 26.1. The lowest BCUT2D eigenvalue weighted by molar-refractivity contribution is 0.311. The highest BCUT2D eigenvalue weighted by Crippen LogP contribution is 2.25. The molecular weight excluding hydrogens is 485 g/mol. The highest BCUT2D eigenvalue weighted by Gasteiger charge is 2.17. The lowest BCUT2D eigenvalue weighted by atomic mass is 10.1. The monoisotopic (exact) mass is 513 g/mol. The molecule has 10 nitrogen and oxygen atoms in total. The molecule has 2 heterocycles. The van der Waals surface area contributed by atoms with Gasteiger partial charge in [0.15, 0.2) is 0 Å². The Balaban J connectivity index is 0.000000658. The molecule has 36 heavy (non-hydrogen) atoms. The number of nitrogens with one attached hydrogen (secondary N) is 2. The number of benzene rings is 2. The molecule has 0 amide bonds. The molecule has 0 atom stereocenters. The van der Waals surface area contributed by atoms with Gasteiger partial charge in [-0.15, -0.1) is 0 Å². The van der Waals surface area contributed by atoms with Crippen LogP contribution in [0.2, 0.25) is 0 Å². The first-order valence-corrected chi connectivity index (χ1v) is 12.9. The van der Waals surface area contributed by atoms with Gasteiger partial charge in [-0.1, -0.05) is 12.1 Å². The van der Waals surface area contributed by atoms with Crippen molar-refractivity contribution < 1.29 is 17.4 Å². The van der Waals surface area contributed by atoms with E-state index >= 15 is 0 Å². The maximum Gasteiger partial charge on any atom is 0.261 e. The fraction of sp³-hybridized carbons (Fsp3) is 0.292. The van der Waals surface area contributed by atoms with Gasteiger partial charge in [-0.2, -0.15) is 18.7 Å². The lowest BCUT2D eigenvalue weighted by Gasteiger charge is -2.34. The molecular formula is C24H28FN7O3S. The average Bonchev–Trinajstić information content (AvgIpc) is 2.80. The second-order valence-electron chi connectivity index (χ2n) is 8.24. The molecule has 0 aliphatic carbocycles. The van der Waals surface area contributed by atoms with Crippen molar-refractivity contribution in [3.05, 3.63) is 66.1 Å². The van der Waals surface area contributed by atoms with Crippen molar-refractivity contribution in [2.75, 3.05) is 55.0 Å². The Labute approximate surface area is 210 Å². The number of halogens is 1. The highest BCUT2D eigenvalue weighted by atomic mass is 32.2. The summed E-state index contributed by atoms with van der Waals surface area (Å²) in [4.78, 5) is 13.0. The Hall–Kier alpha value is -3.79. The number of nitrogens with zero attached hydrogens (tertiary/aromatic N) is 5. The number of hydrogen-bond donors (Lipinski definition) is 3. The molecule has 190 valence electrons. The molecule has 3 aromatic rings. The second kappa shape index (κ2) is 12.3. The number of piperazine rings is 1. The van der Waals surface area contributed by atoms with Gasteiger partial charge in [-0.05, 0) is 49.0 Å². The van der Waals surface area contributed by atoms with Crippen LogP contribution in [0, 0.1) is 17.1 Å². The smallest absolute Gasteiger partial charge is 0.261 e. The van der Waals surface area contributed by atoms with Crippen molar-refractivity contribution in [3.8, 4) is 6.07 Å². The number of anilines is 5. The summed E-state index contributed by atoms with van der Waals surface area (Å²) in [5.74, 6) is 0.698. The molecule has 4 rings (SSSR count). The number of aromatic nitrogens is 2. The van der Waals surface area contributed by atoms with Gasteiger partial charge in [0, 0.05) is 43.8 Å². The predicted molar refractivity (Wildman–Crippen MR) is 138 cm³/mol. The van der Waals surface area contributed by atoms with Crippen LogP contribution in [0.5, 0.6) is 0 Å². The maximum atomic E-state index is 14.7. The van der Waals surface area contributed by atoms with Gasteiger partial charge < -0.3 is 20.4 Å². The van der Waals surface area contributed by atoms with Gasteiger partial charge in [0.05, 0.1) is 24.4 Å². The molecule has 1 aliphatic heterocycles. The molecule has 2 aromatic carbocycles. The Morgan fingerprint density at radius 2 is 1.78 bits per heavy atom. The van der Waals surface area contributed by atoms with E-state index in [0.29, 0.717) is 35.8 Å². The van der Waals surface area contributed by atoms with Crippen LogP contribution in [-0.2, 0) is 16.5 Å². The number of nitriles is 1. The van der Waals surface area contributed by atoms with E-state index in [1.807, 2.05) is 30.3 Å². The van der Waals surface area contributed by atoms with Crippen LogP contribution in [0.1, 0.15) is 5.56 Å². The number of rotatable bonds is 6. The van der Waals surface area contributed by atoms with E-state index < -0.39 is 10.1 Å². The highest BCUT2D eigenvalue weighted by molar-refractivity contribution is 7.85. The van der Waals surface area contributed by atoms with Gasteiger partial charge >= 0.3 is 0 Å². The van der Waals surface area contributed by atoms with E-state index in [1.54, 1.807) is 18.3 Å². The van der Waals surface area contributed by atoms with Crippen LogP contribution in [0.25, 0.3) is 0 Å². The van der Waals surface area contributed by atoms with Crippen molar-refractivity contribution >= 4 is 38.9 Å². The van der Waals surface area contributed by atoms with Crippen LogP contribution in [0.15, 0.2) is 54.7 Å². The van der Waals surface area contributed by atoms with Crippen LogP contribution >= 0.6 is 0 Å². The van der Waals surface area contributed by atoms with Crippen molar-refractivity contribution in [3.63, 3.8) is 0 Å². The summed E-state index contributed by atoms with van der Waals surface area (Å²) in [5, 5.41) is 15.1. The first kappa shape index (κ1) is 26.8. The third-order valence-corrected chi connectivity index (χ3v) is 5.19. The first-order valence-electron chi connectivity index (χ1n) is 11.1. The largest absolute Gasteiger partial charge is 0.367 e. The number of hydrogen-bond acceptors (Lipinski definition) is 9. The minimum atomic E-state index is -3.67. The second-order valence-corrected chi connectivity index (χ2v) is 9.71. The van der Waals surface area contributed by atoms with E-state index in [0.717, 1.165) is 37.4 Å². The number of likely N-dealkylation sites (N-methyl/N-ethyl adjacent to an activating group) is 1. The predicted octanol–water partition coefficient (Wildman–Crippen LogP) is 3.42. The van der Waals surface area contributed by atoms with Gasteiger partial charge in [-0.25, -0.2) is 9.37 Å². The Bertz CT molecular complexity index is 1320. The molecule has 0 radical (unpaired) electrons. The minimum Gasteiger partial charge on any atom is -0.367 e. The van der Waals surface area contributed by atoms with Crippen molar-refractivity contribution in [2.45, 2.75) is 6.42 Å². The van der Waals surface area contributed by atoms with E-state index in [9.17, 15) is 12.8 Å². The fourth-order valence-corrected chi connectivity index (χ4v) is 3.50. The zero-order valence-corrected chi connectivity index (χ0v) is 20.8. The molecule has 0 unspecified atom stereocenters. The molecule has 3 N–H and O–H groups in total. The molecule has 1 saturated heterocycles. The molecule has 0 bridgehead atoms. The maximum absolute atomic E-state index is 14.7. The van der Waals surface area contributed by atoms with E-state index in [4.69, 9.17) is 9.81 Å². The minimum absolute atomic E-state index is 0.266. The molecule has 1 aliphatic rings. The van der Waals surface area contributed by atoms with Crippen LogP contribution in [-0.4, -0.2) is 67.3 Å². The standard InChI is InChI=1S/C23H24FN7.CH4O3S/c1-30-11-13-31(14-12-30)21-6-5-19(16-20(21)24)28-23-26-10-8-22(29-23)27-18-4-2-3-17(15-18)7-9-25;1-5(2,3)4/h2-6,8,10,15-16H,7,11-14H2,1H3,(H2,26,27,28,29);1H3,(H,2,3,4). The van der Waals surface area contributed by atoms with Crippen molar-refractivity contribution in [1.29, 1.82) is 5.26 Å². The Morgan fingerprint density at radius 1 is 1.08 bits per heavy atom. The summed E-state index contributed by atoms with van der Waals surface area (Å²) < 4.78 is 40.6. The van der Waals surface area contributed by atoms with Gasteiger partial charge in [0.25, 0.3) is 10.1 Å². The van der Waals surface area contributed by atoms with Crippen LogP contribution in [0.4, 0.5) is 33.2 Å². The molecule has 0 saturated carbocycles. The molecule has 12 heteroatoms. The average molecular weight is 514 g/mol. The van der Waals surface area contributed by atoms with Gasteiger partial charge in [0.1, 0.15) is 11.6 Å². The normalized spacial score (nSPS) is 13.8. The van der Waals surface area contributed by atoms with Gasteiger partial charge in [-0.3, -0.25) is 4.55 Å². The summed E-state index contributed by atoms with van der Waals surface area (Å²) >= 11 is 0. The molecule has 0 spiro atoms. The molecule has 1 fully saturated rings. The Kier molecular flexibility index (Phi) is 9.13. The van der Waals surface area contributed by atoms with Crippen molar-refractivity contribution in [1.82, 2.24) is 14.9 Å². The third-order valence-electron chi connectivity index (χ3n) is 5.19. The summed E-state index contributed by atoms with van der Waals surface area (Å²) in [6.45, 7) is 3.47. The topological polar surface area (TPSA) is 134 Å². The van der Waals surface area contributed by atoms with Crippen LogP contribution in [0.3, 0.4) is 0 Å². The SMILES string of the molecule is CN1CCN(c2ccc(Nc3nccc(Nc4cccc(CC#N)c4)n3)cc2F)CC1.CS(=O)(=O)O.